The van der Waals surface area contributed by atoms with Gasteiger partial charge in [0.1, 0.15) is 0 Å². The van der Waals surface area contributed by atoms with Gasteiger partial charge in [0.15, 0.2) is 0 Å². The van der Waals surface area contributed by atoms with E-state index in [-0.39, 0.29) is 28.4 Å². The maximum atomic E-state index is 13.0. The quantitative estimate of drug-likeness (QED) is 0.447. The summed E-state index contributed by atoms with van der Waals surface area (Å²) in [5.41, 5.74) is 2.23. The fourth-order valence-corrected chi connectivity index (χ4v) is 6.49. The van der Waals surface area contributed by atoms with E-state index in [0.29, 0.717) is 40.7 Å². The lowest BCUT2D eigenvalue weighted by molar-refractivity contribution is 0.0730. The molecule has 1 aliphatic rings. The Morgan fingerprint density at radius 3 is 2.16 bits per heavy atom. The van der Waals surface area contributed by atoms with Crippen molar-refractivity contribution in [2.45, 2.75) is 23.6 Å². The third-order valence-corrected chi connectivity index (χ3v) is 9.44. The monoisotopic (exact) mass is 563 g/mol. The molecular formula is C25H26ClN3O6S2. The van der Waals surface area contributed by atoms with Gasteiger partial charge in [0.05, 0.1) is 28.7 Å². The van der Waals surface area contributed by atoms with E-state index in [1.807, 2.05) is 0 Å². The van der Waals surface area contributed by atoms with E-state index in [4.69, 9.17) is 16.3 Å². The number of halogens is 1. The first-order chi connectivity index (χ1) is 17.5. The fourth-order valence-electron chi connectivity index (χ4n) is 3.77. The van der Waals surface area contributed by atoms with Crippen LogP contribution >= 0.6 is 11.6 Å². The maximum Gasteiger partial charge on any atom is 0.261 e. The number of aryl methyl sites for hydroxylation is 2. The van der Waals surface area contributed by atoms with Crippen LogP contribution in [0.25, 0.3) is 0 Å². The second kappa shape index (κ2) is 10.8. The Kier molecular flexibility index (Phi) is 7.91. The summed E-state index contributed by atoms with van der Waals surface area (Å²) in [6.07, 6.45) is 0. The summed E-state index contributed by atoms with van der Waals surface area (Å²) in [5, 5.41) is 3.10. The van der Waals surface area contributed by atoms with Crippen molar-refractivity contribution in [1.29, 1.82) is 0 Å². The largest absolute Gasteiger partial charge is 0.379 e. The van der Waals surface area contributed by atoms with Gasteiger partial charge < -0.3 is 10.1 Å². The van der Waals surface area contributed by atoms with E-state index in [2.05, 4.69) is 10.0 Å². The van der Waals surface area contributed by atoms with Gasteiger partial charge in [0.25, 0.3) is 15.9 Å². The van der Waals surface area contributed by atoms with Crippen molar-refractivity contribution < 1.29 is 26.4 Å². The summed E-state index contributed by atoms with van der Waals surface area (Å²) in [6.45, 7) is 4.60. The number of nitrogens with zero attached hydrogens (tertiary/aromatic N) is 1. The number of benzene rings is 3. The summed E-state index contributed by atoms with van der Waals surface area (Å²) < 4.78 is 60.7. The lowest BCUT2D eigenvalue weighted by Crippen LogP contribution is -2.40. The molecule has 0 aliphatic carbocycles. The molecule has 0 atom stereocenters. The molecule has 37 heavy (non-hydrogen) atoms. The highest BCUT2D eigenvalue weighted by Gasteiger charge is 2.27. The number of anilines is 2. The van der Waals surface area contributed by atoms with E-state index in [9.17, 15) is 21.6 Å². The zero-order chi connectivity index (χ0) is 26.8. The topological polar surface area (TPSA) is 122 Å². The van der Waals surface area contributed by atoms with Crippen LogP contribution < -0.4 is 10.0 Å². The standard InChI is InChI=1S/C25H26ClN3O6S2/c1-17-4-8-22(37(33,34)29-11-13-35-14-12-29)16-23(17)25(30)27-20-6-9-21(10-7-20)36(31,32)28-24-15-19(26)5-3-18(24)2/h3-10,15-16,28H,11-14H2,1-2H3,(H,27,30). The molecule has 1 amide bonds. The smallest absolute Gasteiger partial charge is 0.261 e. The highest BCUT2D eigenvalue weighted by Crippen LogP contribution is 2.25. The second-order valence-electron chi connectivity index (χ2n) is 8.54. The molecule has 4 rings (SSSR count). The number of nitrogens with one attached hydrogen (secondary N) is 2. The maximum absolute atomic E-state index is 13.0. The Labute approximate surface area is 221 Å². The molecule has 196 valence electrons. The van der Waals surface area contributed by atoms with Gasteiger partial charge in [-0.15, -0.1) is 0 Å². The molecule has 0 saturated carbocycles. The normalized spacial score (nSPS) is 14.8. The van der Waals surface area contributed by atoms with E-state index < -0.39 is 26.0 Å². The molecule has 3 aromatic carbocycles. The summed E-state index contributed by atoms with van der Waals surface area (Å²) in [4.78, 5) is 13.0. The highest BCUT2D eigenvalue weighted by atomic mass is 35.5. The molecule has 3 aromatic rings. The van der Waals surface area contributed by atoms with Crippen LogP contribution in [0.3, 0.4) is 0 Å². The molecule has 9 nitrogen and oxygen atoms in total. The molecule has 1 fully saturated rings. The molecule has 2 N–H and O–H groups in total. The number of hydrogen-bond acceptors (Lipinski definition) is 6. The summed E-state index contributed by atoms with van der Waals surface area (Å²) in [6, 6.07) is 15.0. The summed E-state index contributed by atoms with van der Waals surface area (Å²) >= 11 is 5.98. The van der Waals surface area contributed by atoms with Crippen LogP contribution in [0.5, 0.6) is 0 Å². The Morgan fingerprint density at radius 2 is 1.49 bits per heavy atom. The zero-order valence-corrected chi connectivity index (χ0v) is 22.6. The lowest BCUT2D eigenvalue weighted by atomic mass is 10.1. The van der Waals surface area contributed by atoms with Crippen LogP contribution in [0.1, 0.15) is 21.5 Å². The van der Waals surface area contributed by atoms with E-state index in [1.165, 1.54) is 46.8 Å². The van der Waals surface area contributed by atoms with Crippen LogP contribution in [0, 0.1) is 13.8 Å². The molecule has 0 spiro atoms. The Balaban J connectivity index is 1.51. The highest BCUT2D eigenvalue weighted by molar-refractivity contribution is 7.92. The number of hydrogen-bond donors (Lipinski definition) is 2. The Hall–Kier alpha value is -2.96. The Morgan fingerprint density at radius 1 is 0.865 bits per heavy atom. The molecule has 1 aliphatic heterocycles. The van der Waals surface area contributed by atoms with Crippen molar-refractivity contribution in [3.8, 4) is 0 Å². The molecule has 0 bridgehead atoms. The van der Waals surface area contributed by atoms with Crippen LogP contribution in [0.15, 0.2) is 70.5 Å². The predicted octanol–water partition coefficient (Wildman–Crippen LogP) is 4.03. The van der Waals surface area contributed by atoms with Crippen LogP contribution in [0.2, 0.25) is 5.02 Å². The van der Waals surface area contributed by atoms with Crippen molar-refractivity contribution >= 4 is 48.9 Å². The van der Waals surface area contributed by atoms with Gasteiger partial charge in [0, 0.05) is 29.4 Å². The van der Waals surface area contributed by atoms with Gasteiger partial charge in [-0.05, 0) is 73.5 Å². The van der Waals surface area contributed by atoms with E-state index in [1.54, 1.807) is 32.0 Å². The van der Waals surface area contributed by atoms with Crippen molar-refractivity contribution in [3.63, 3.8) is 0 Å². The number of carbonyl (C=O) groups excluding carboxylic acids is 1. The third-order valence-electron chi connectivity index (χ3n) is 5.93. The lowest BCUT2D eigenvalue weighted by Gasteiger charge is -2.26. The molecule has 1 heterocycles. The number of rotatable bonds is 7. The van der Waals surface area contributed by atoms with Crippen molar-refractivity contribution in [1.82, 2.24) is 4.31 Å². The minimum atomic E-state index is -3.89. The van der Waals surface area contributed by atoms with Crippen LogP contribution in [-0.4, -0.2) is 53.4 Å². The van der Waals surface area contributed by atoms with E-state index >= 15 is 0 Å². The number of morpholine rings is 1. The molecular weight excluding hydrogens is 538 g/mol. The fraction of sp³-hybridized carbons (Fsp3) is 0.240. The average Bonchev–Trinajstić information content (AvgIpc) is 2.87. The summed E-state index contributed by atoms with van der Waals surface area (Å²) in [7, 11) is -7.66. The van der Waals surface area contributed by atoms with Crippen molar-refractivity contribution in [2.75, 3.05) is 36.3 Å². The number of sulfonamides is 2. The first-order valence-electron chi connectivity index (χ1n) is 11.4. The second-order valence-corrected chi connectivity index (χ2v) is 12.6. The first kappa shape index (κ1) is 27.1. The van der Waals surface area contributed by atoms with Crippen LogP contribution in [-0.2, 0) is 24.8 Å². The first-order valence-corrected chi connectivity index (χ1v) is 14.7. The van der Waals surface area contributed by atoms with Gasteiger partial charge in [-0.25, -0.2) is 16.8 Å². The zero-order valence-electron chi connectivity index (χ0n) is 20.2. The average molecular weight is 564 g/mol. The van der Waals surface area contributed by atoms with Gasteiger partial charge in [-0.3, -0.25) is 9.52 Å². The van der Waals surface area contributed by atoms with E-state index in [0.717, 1.165) is 0 Å². The number of carbonyl (C=O) groups is 1. The Bertz CT molecular complexity index is 1540. The minimum absolute atomic E-state index is 0.000318. The predicted molar refractivity (Wildman–Crippen MR) is 142 cm³/mol. The van der Waals surface area contributed by atoms with Crippen molar-refractivity contribution in [2.24, 2.45) is 0 Å². The third kappa shape index (κ3) is 6.13. The molecule has 1 saturated heterocycles. The summed E-state index contributed by atoms with van der Waals surface area (Å²) in [5.74, 6) is -0.514. The van der Waals surface area contributed by atoms with Crippen molar-refractivity contribution in [3.05, 3.63) is 82.4 Å². The molecule has 0 unspecified atom stereocenters. The number of ether oxygens (including phenoxy) is 1. The molecule has 12 heteroatoms. The number of amides is 1. The molecule has 0 aromatic heterocycles. The van der Waals surface area contributed by atoms with Gasteiger partial charge in [-0.2, -0.15) is 4.31 Å². The van der Waals surface area contributed by atoms with Gasteiger partial charge in [0.2, 0.25) is 10.0 Å². The van der Waals surface area contributed by atoms with Crippen LogP contribution in [0.4, 0.5) is 11.4 Å². The SMILES string of the molecule is Cc1ccc(Cl)cc1NS(=O)(=O)c1ccc(NC(=O)c2cc(S(=O)(=O)N3CCOCC3)ccc2C)cc1. The van der Waals surface area contributed by atoms with Gasteiger partial charge in [-0.1, -0.05) is 23.7 Å². The van der Waals surface area contributed by atoms with Gasteiger partial charge >= 0.3 is 0 Å². The minimum Gasteiger partial charge on any atom is -0.379 e. The molecule has 0 radical (unpaired) electrons.